The van der Waals surface area contributed by atoms with Crippen LogP contribution in [0.1, 0.15) is 23.5 Å². The lowest BCUT2D eigenvalue weighted by Crippen LogP contribution is -2.43. The fourth-order valence-corrected chi connectivity index (χ4v) is 3.17. The number of likely N-dealkylation sites (tertiary alicyclic amines) is 1. The monoisotopic (exact) mass is 312 g/mol. The second-order valence-corrected chi connectivity index (χ2v) is 6.27. The van der Waals surface area contributed by atoms with E-state index in [2.05, 4.69) is 47.5 Å². The van der Waals surface area contributed by atoms with Crippen LogP contribution in [0, 0.1) is 0 Å². The lowest BCUT2D eigenvalue weighted by molar-refractivity contribution is 0.255. The lowest BCUT2D eigenvalue weighted by Gasteiger charge is -2.36. The molecule has 22 heavy (non-hydrogen) atoms. The molecule has 114 valence electrons. The van der Waals surface area contributed by atoms with Crippen molar-refractivity contribution in [1.82, 2.24) is 4.90 Å². The van der Waals surface area contributed by atoms with E-state index in [1.54, 1.807) is 0 Å². The Morgan fingerprint density at radius 1 is 1.09 bits per heavy atom. The van der Waals surface area contributed by atoms with E-state index >= 15 is 0 Å². The summed E-state index contributed by atoms with van der Waals surface area (Å²) in [5.41, 5.74) is 8.79. The molecule has 1 saturated heterocycles. The maximum Gasteiger partial charge on any atom is 0.0408 e. The first-order chi connectivity index (χ1) is 10.7. The van der Waals surface area contributed by atoms with E-state index in [-0.39, 0.29) is 6.04 Å². The van der Waals surface area contributed by atoms with Crippen LogP contribution in [0.5, 0.6) is 0 Å². The summed E-state index contributed by atoms with van der Waals surface area (Å²) in [6.07, 6.45) is 5.33. The van der Waals surface area contributed by atoms with Crippen molar-refractivity contribution in [3.8, 4) is 0 Å². The summed E-state index contributed by atoms with van der Waals surface area (Å²) in [6, 6.07) is 18.6. The van der Waals surface area contributed by atoms with Crippen LogP contribution in [0.3, 0.4) is 0 Å². The molecular weight excluding hydrogens is 292 g/mol. The average molecular weight is 313 g/mol. The van der Waals surface area contributed by atoms with Gasteiger partial charge in [0.05, 0.1) is 0 Å². The number of rotatable bonds is 3. The summed E-state index contributed by atoms with van der Waals surface area (Å²) in [5, 5.41) is 0.779. The molecule has 0 spiro atoms. The number of halogens is 1. The minimum atomic E-state index is 0.194. The summed E-state index contributed by atoms with van der Waals surface area (Å²) in [6.45, 7) is 1.94. The van der Waals surface area contributed by atoms with Gasteiger partial charge >= 0.3 is 0 Å². The number of hydrogen-bond acceptors (Lipinski definition) is 2. The first kappa shape index (κ1) is 15.1. The van der Waals surface area contributed by atoms with E-state index in [1.807, 2.05) is 24.3 Å². The van der Waals surface area contributed by atoms with Crippen molar-refractivity contribution >= 4 is 17.7 Å². The van der Waals surface area contributed by atoms with Gasteiger partial charge in [-0.05, 0) is 42.0 Å². The van der Waals surface area contributed by atoms with Crippen molar-refractivity contribution in [2.45, 2.75) is 18.4 Å². The highest BCUT2D eigenvalue weighted by Crippen LogP contribution is 2.28. The fraction of sp³-hybridized carbons (Fsp3) is 0.263. The molecule has 0 radical (unpaired) electrons. The Morgan fingerprint density at radius 3 is 2.68 bits per heavy atom. The quantitative estimate of drug-likeness (QED) is 0.923. The van der Waals surface area contributed by atoms with Gasteiger partial charge in [0.1, 0.15) is 0 Å². The molecule has 1 heterocycles. The number of hydrogen-bond donors (Lipinski definition) is 1. The van der Waals surface area contributed by atoms with Crippen molar-refractivity contribution in [2.24, 2.45) is 5.73 Å². The number of piperidine rings is 1. The molecule has 0 bridgehead atoms. The van der Waals surface area contributed by atoms with E-state index in [4.69, 9.17) is 17.3 Å². The Hall–Kier alpha value is -1.77. The first-order valence-electron chi connectivity index (χ1n) is 7.71. The van der Waals surface area contributed by atoms with Crippen LogP contribution in [0.15, 0.2) is 60.8 Å². The van der Waals surface area contributed by atoms with Crippen molar-refractivity contribution in [2.75, 3.05) is 13.1 Å². The van der Waals surface area contributed by atoms with Gasteiger partial charge in [0.2, 0.25) is 0 Å². The van der Waals surface area contributed by atoms with E-state index in [9.17, 15) is 0 Å². The second-order valence-electron chi connectivity index (χ2n) is 5.84. The minimum Gasteiger partial charge on any atom is -0.377 e. The molecule has 2 atom stereocenters. The van der Waals surface area contributed by atoms with Crippen LogP contribution in [0.4, 0.5) is 0 Å². The van der Waals surface area contributed by atoms with Crippen LogP contribution in [0.2, 0.25) is 5.02 Å². The standard InChI is InChI=1S/C19H21ClN2/c20-17-8-4-7-16(13-17)18-14-22(12-10-19(18)21)11-9-15-5-2-1-3-6-15/h1-9,11,13,18-19H,10,12,14,21H2/t18-,19-/m0/s1. The highest BCUT2D eigenvalue weighted by atomic mass is 35.5. The van der Waals surface area contributed by atoms with Crippen LogP contribution in [-0.4, -0.2) is 24.0 Å². The normalized spacial score (nSPS) is 22.2. The van der Waals surface area contributed by atoms with Crippen LogP contribution in [0.25, 0.3) is 6.08 Å². The van der Waals surface area contributed by atoms with Crippen molar-refractivity contribution in [3.63, 3.8) is 0 Å². The summed E-state index contributed by atoms with van der Waals surface area (Å²) in [5.74, 6) is 0.327. The smallest absolute Gasteiger partial charge is 0.0408 e. The van der Waals surface area contributed by atoms with Crippen LogP contribution in [-0.2, 0) is 0 Å². The summed E-state index contributed by atoms with van der Waals surface area (Å²) in [7, 11) is 0. The number of nitrogens with two attached hydrogens (primary N) is 1. The molecule has 0 saturated carbocycles. The summed E-state index contributed by atoms with van der Waals surface area (Å²) < 4.78 is 0. The van der Waals surface area contributed by atoms with Crippen molar-refractivity contribution in [1.29, 1.82) is 0 Å². The molecule has 3 heteroatoms. The number of benzene rings is 2. The Balaban J connectivity index is 1.72. The Labute approximate surface area is 137 Å². The zero-order valence-electron chi connectivity index (χ0n) is 12.5. The minimum absolute atomic E-state index is 0.194. The summed E-state index contributed by atoms with van der Waals surface area (Å²) in [4.78, 5) is 2.35. The predicted molar refractivity (Wildman–Crippen MR) is 93.8 cm³/mol. The van der Waals surface area contributed by atoms with E-state index < -0.39 is 0 Å². The van der Waals surface area contributed by atoms with Gasteiger partial charge in [-0.25, -0.2) is 0 Å². The maximum absolute atomic E-state index is 6.34. The van der Waals surface area contributed by atoms with E-state index in [0.717, 1.165) is 24.5 Å². The molecule has 2 nitrogen and oxygen atoms in total. The number of nitrogens with zero attached hydrogens (tertiary/aromatic N) is 1. The van der Waals surface area contributed by atoms with Gasteiger partial charge in [0.15, 0.2) is 0 Å². The third-order valence-electron chi connectivity index (χ3n) is 4.25. The van der Waals surface area contributed by atoms with E-state index in [1.165, 1.54) is 11.1 Å². The topological polar surface area (TPSA) is 29.3 Å². The van der Waals surface area contributed by atoms with Gasteiger partial charge in [-0.15, -0.1) is 0 Å². The molecule has 0 amide bonds. The van der Waals surface area contributed by atoms with Crippen molar-refractivity contribution < 1.29 is 0 Å². The molecule has 0 aromatic heterocycles. The zero-order chi connectivity index (χ0) is 15.4. The molecule has 3 rings (SSSR count). The van der Waals surface area contributed by atoms with Gasteiger partial charge in [0, 0.05) is 30.1 Å². The maximum atomic E-state index is 6.34. The highest BCUT2D eigenvalue weighted by Gasteiger charge is 2.26. The average Bonchev–Trinajstić information content (AvgIpc) is 2.55. The third kappa shape index (κ3) is 3.70. The van der Waals surface area contributed by atoms with Crippen LogP contribution < -0.4 is 5.73 Å². The van der Waals surface area contributed by atoms with E-state index in [0.29, 0.717) is 5.92 Å². The molecular formula is C19H21ClN2. The van der Waals surface area contributed by atoms with Gasteiger partial charge in [0.25, 0.3) is 0 Å². The first-order valence-corrected chi connectivity index (χ1v) is 8.08. The van der Waals surface area contributed by atoms with Gasteiger partial charge in [-0.2, -0.15) is 0 Å². The fourth-order valence-electron chi connectivity index (χ4n) is 2.98. The zero-order valence-corrected chi connectivity index (χ0v) is 13.3. The second kappa shape index (κ2) is 6.99. The molecule has 0 unspecified atom stereocenters. The van der Waals surface area contributed by atoms with Crippen molar-refractivity contribution in [3.05, 3.63) is 76.9 Å². The summed E-state index contributed by atoms with van der Waals surface area (Å²) >= 11 is 6.12. The molecule has 2 N–H and O–H groups in total. The Bertz CT molecular complexity index is 639. The van der Waals surface area contributed by atoms with Gasteiger partial charge in [-0.3, -0.25) is 0 Å². The van der Waals surface area contributed by atoms with Crippen LogP contribution >= 0.6 is 11.6 Å². The molecule has 2 aromatic carbocycles. The molecule has 1 fully saturated rings. The largest absolute Gasteiger partial charge is 0.377 e. The highest BCUT2D eigenvalue weighted by molar-refractivity contribution is 6.30. The predicted octanol–water partition coefficient (Wildman–Crippen LogP) is 4.13. The lowest BCUT2D eigenvalue weighted by atomic mass is 9.87. The van der Waals surface area contributed by atoms with Gasteiger partial charge in [-0.1, -0.05) is 54.1 Å². The Kier molecular flexibility index (Phi) is 4.81. The molecule has 1 aliphatic heterocycles. The Morgan fingerprint density at radius 2 is 1.91 bits per heavy atom. The van der Waals surface area contributed by atoms with Gasteiger partial charge < -0.3 is 10.6 Å². The third-order valence-corrected chi connectivity index (χ3v) is 4.49. The SMILES string of the molecule is N[C@H]1CCN(C=Cc2ccccc2)C[C@H]1c1cccc(Cl)c1. The molecule has 2 aromatic rings. The molecule has 0 aliphatic carbocycles. The molecule has 1 aliphatic rings.